The summed E-state index contributed by atoms with van der Waals surface area (Å²) in [5.74, 6) is -15.0. The Bertz CT molecular complexity index is 3370. The molecular formula is C49H38F5IN8O5S. The molecule has 5 aromatic carbocycles. The second-order valence-electron chi connectivity index (χ2n) is 16.7. The highest BCUT2D eigenvalue weighted by atomic mass is 127. The maximum absolute atomic E-state index is 14.2. The van der Waals surface area contributed by atoms with E-state index in [1.807, 2.05) is 71.5 Å². The first-order valence-corrected chi connectivity index (χ1v) is 23.6. The molecule has 0 unspecified atom stereocenters. The summed E-state index contributed by atoms with van der Waals surface area (Å²) in [6, 6.07) is 23.4. The molecule has 0 radical (unpaired) electrons. The Kier molecular flexibility index (Phi) is 12.6. The number of anilines is 3. The van der Waals surface area contributed by atoms with Crippen molar-refractivity contribution in [1.29, 1.82) is 0 Å². The molecule has 0 aliphatic carbocycles. The number of hydrogen-bond acceptors (Lipinski definition) is 10. The van der Waals surface area contributed by atoms with Gasteiger partial charge in [0.1, 0.15) is 34.4 Å². The number of nitrogens with zero attached hydrogens (tertiary/aromatic N) is 6. The van der Waals surface area contributed by atoms with Crippen LogP contribution in [0.25, 0.3) is 32.0 Å². The molecule has 0 saturated heterocycles. The van der Waals surface area contributed by atoms with Crippen molar-refractivity contribution in [1.82, 2.24) is 15.0 Å². The van der Waals surface area contributed by atoms with Crippen LogP contribution in [-0.4, -0.2) is 66.0 Å². The highest BCUT2D eigenvalue weighted by molar-refractivity contribution is 14.1. The third kappa shape index (κ3) is 8.69. The van der Waals surface area contributed by atoms with Crippen molar-refractivity contribution < 1.29 is 44.1 Å². The van der Waals surface area contributed by atoms with E-state index in [-0.39, 0.29) is 24.1 Å². The van der Waals surface area contributed by atoms with E-state index in [0.29, 0.717) is 69.1 Å². The number of aromatic amines is 2. The van der Waals surface area contributed by atoms with Gasteiger partial charge in [0.25, 0.3) is 11.8 Å². The fourth-order valence-corrected chi connectivity index (χ4v) is 10.1. The summed E-state index contributed by atoms with van der Waals surface area (Å²) in [6.07, 6.45) is 5.44. The zero-order valence-electron chi connectivity index (χ0n) is 36.5. The highest BCUT2D eigenvalue weighted by Crippen LogP contribution is 2.40. The number of thiazole rings is 1. The number of azo groups is 1. The molecule has 2 N–H and O–H groups in total. The molecule has 10 rings (SSSR count). The van der Waals surface area contributed by atoms with Crippen molar-refractivity contribution in [2.75, 3.05) is 48.0 Å². The predicted molar refractivity (Wildman–Crippen MR) is 260 cm³/mol. The smallest absolute Gasteiger partial charge is 0.360 e. The van der Waals surface area contributed by atoms with Gasteiger partial charge in [-0.3, -0.25) is 9.59 Å². The van der Waals surface area contributed by atoms with Crippen molar-refractivity contribution in [2.24, 2.45) is 10.2 Å². The van der Waals surface area contributed by atoms with Gasteiger partial charge in [0.2, 0.25) is 40.0 Å². The maximum atomic E-state index is 14.2. The van der Waals surface area contributed by atoms with Crippen LogP contribution in [0.4, 0.5) is 49.8 Å². The van der Waals surface area contributed by atoms with E-state index in [2.05, 4.69) is 41.9 Å². The van der Waals surface area contributed by atoms with E-state index in [1.165, 1.54) is 17.4 Å². The van der Waals surface area contributed by atoms with Crippen molar-refractivity contribution in [2.45, 2.75) is 38.5 Å². The first-order chi connectivity index (χ1) is 33.4. The second kappa shape index (κ2) is 19.0. The van der Waals surface area contributed by atoms with Crippen LogP contribution in [-0.2, 0) is 15.9 Å². The lowest BCUT2D eigenvalue weighted by atomic mass is 10.1. The monoisotopic (exact) mass is 1070 g/mol. The topological polar surface area (TPSA) is 149 Å². The summed E-state index contributed by atoms with van der Waals surface area (Å²) in [4.78, 5) is 57.2. The van der Waals surface area contributed by atoms with Gasteiger partial charge in [-0.05, 0) is 116 Å². The van der Waals surface area contributed by atoms with Crippen LogP contribution in [0, 0.1) is 29.1 Å². The molecule has 3 aromatic heterocycles. The first-order valence-electron chi connectivity index (χ1n) is 21.9. The molecule has 5 heterocycles. The number of hydrogen-bond donors (Lipinski definition) is 2. The van der Waals surface area contributed by atoms with E-state index >= 15 is 0 Å². The average Bonchev–Trinajstić information content (AvgIpc) is 4.22. The zero-order chi connectivity index (χ0) is 48.1. The molecule has 2 aliphatic heterocycles. The van der Waals surface area contributed by atoms with Gasteiger partial charge < -0.3 is 32.5 Å². The van der Waals surface area contributed by atoms with E-state index in [1.54, 1.807) is 34.1 Å². The molecule has 0 atom stereocenters. The Morgan fingerprint density at radius 3 is 2.00 bits per heavy atom. The number of carbonyl (C=O) groups is 3. The number of fused-ring (bicyclic) bond motifs is 7. The van der Waals surface area contributed by atoms with Gasteiger partial charge in [0.05, 0.1) is 22.5 Å². The van der Waals surface area contributed by atoms with Crippen LogP contribution in [0.5, 0.6) is 5.75 Å². The number of esters is 1. The van der Waals surface area contributed by atoms with Crippen molar-refractivity contribution in [3.05, 3.63) is 136 Å². The van der Waals surface area contributed by atoms with Crippen molar-refractivity contribution >= 4 is 112 Å². The van der Waals surface area contributed by atoms with Gasteiger partial charge in [-0.15, -0.1) is 10.2 Å². The quantitative estimate of drug-likeness (QED) is 0.0161. The molecule has 0 saturated carbocycles. The number of ether oxygens (including phenoxy) is 1. The molecule has 2 aliphatic rings. The van der Waals surface area contributed by atoms with E-state index in [9.17, 15) is 36.3 Å². The molecule has 13 nitrogen and oxygen atoms in total. The second-order valence-corrected chi connectivity index (χ2v) is 18.3. The lowest BCUT2D eigenvalue weighted by molar-refractivity contribution is 0.0710. The Morgan fingerprint density at radius 1 is 0.725 bits per heavy atom. The van der Waals surface area contributed by atoms with E-state index in [0.717, 1.165) is 71.4 Å². The largest absolute Gasteiger partial charge is 0.415 e. The van der Waals surface area contributed by atoms with Crippen LogP contribution in [0.3, 0.4) is 0 Å². The molecule has 352 valence electrons. The van der Waals surface area contributed by atoms with Crippen LogP contribution in [0.1, 0.15) is 68.1 Å². The number of rotatable bonds is 14. The summed E-state index contributed by atoms with van der Waals surface area (Å²) >= 11 is 3.28. The van der Waals surface area contributed by atoms with Crippen LogP contribution >= 0.6 is 34.3 Å². The normalized spacial score (nSPS) is 13.4. The van der Waals surface area contributed by atoms with Gasteiger partial charge >= 0.3 is 5.97 Å². The Hall–Kier alpha value is -6.78. The molecule has 0 bridgehead atoms. The Labute approximate surface area is 407 Å². The number of halogens is 6. The van der Waals surface area contributed by atoms with Gasteiger partial charge in [-0.25, -0.2) is 22.9 Å². The summed E-state index contributed by atoms with van der Waals surface area (Å²) in [5.41, 5.74) is 7.08. The molecule has 0 spiro atoms. The number of benzene rings is 5. The number of aromatic nitrogens is 3. The van der Waals surface area contributed by atoms with Crippen LogP contribution in [0.2, 0.25) is 0 Å². The summed E-state index contributed by atoms with van der Waals surface area (Å²) in [5, 5.41) is 10.6. The minimum Gasteiger partial charge on any atom is -0.415 e. The Morgan fingerprint density at radius 2 is 1.33 bits per heavy atom. The fourth-order valence-electron chi connectivity index (χ4n) is 8.95. The zero-order valence-corrected chi connectivity index (χ0v) is 39.5. The summed E-state index contributed by atoms with van der Waals surface area (Å²) < 4.78 is 80.1. The third-order valence-corrected chi connectivity index (χ3v) is 13.8. The van der Waals surface area contributed by atoms with E-state index < -0.39 is 40.8 Å². The number of carbonyl (C=O) groups excluding carboxylic acids is 3. The molecular weight excluding hydrogens is 1030 g/mol. The molecule has 8 aromatic rings. The lowest BCUT2D eigenvalue weighted by Crippen LogP contribution is -2.29. The first kappa shape index (κ1) is 46.0. The molecule has 20 heteroatoms. The maximum Gasteiger partial charge on any atom is 0.360 e. The lowest BCUT2D eigenvalue weighted by Gasteiger charge is -2.19. The van der Waals surface area contributed by atoms with Gasteiger partial charge in [0.15, 0.2) is 0 Å². The molecule has 2 amide bonds. The highest BCUT2D eigenvalue weighted by Gasteiger charge is 2.33. The third-order valence-electron chi connectivity index (χ3n) is 12.5. The SMILES string of the molecule is CN(CCCCCCOI)c1ccc(/N=N/c2nc3ccc(C(=O)N4CCc5c4ccc4[nH]c(C(=O)N6CCc7c6ccc6[nH]c(C(=O)Oc8c(F)c(F)c(F)c(F)c8F)cc76)cc54)cc3s2)cc1. The summed E-state index contributed by atoms with van der Waals surface area (Å²) in [7, 11) is 2.08. The predicted octanol–water partition coefficient (Wildman–Crippen LogP) is 12.4. The van der Waals surface area contributed by atoms with Gasteiger partial charge in [-0.1, -0.05) is 24.2 Å². The van der Waals surface area contributed by atoms with Gasteiger partial charge in [-0.2, -0.15) is 8.78 Å². The van der Waals surface area contributed by atoms with E-state index in [4.69, 9.17) is 3.07 Å². The molecule has 69 heavy (non-hydrogen) atoms. The minimum atomic E-state index is -2.38. The van der Waals surface area contributed by atoms with Gasteiger partial charge in [0, 0.05) is 71.1 Å². The standard InChI is InChI=1S/C49H38F5IN8O5S/c1-61(18-4-2-3-5-21-67-55)27-9-7-26(8-10-27)59-60-49-58-34-11-6-25(22-39(34)69-49)46(64)62-19-16-28-30-23-35(56-32(30)12-14-37(28)62)47(65)63-20-17-29-31-24-36(57-33(31)13-15-38(29)63)48(66)68-45-43(53)41(51)40(50)42(52)44(45)54/h6-15,22-24,56-57H,2-5,16-21H2,1H3/b60-59+. The Balaban J connectivity index is 0.807. The number of H-pyrrole nitrogens is 2. The van der Waals surface area contributed by atoms with Crippen LogP contribution in [0.15, 0.2) is 89.1 Å². The van der Waals surface area contributed by atoms with Crippen LogP contribution < -0.4 is 19.4 Å². The van der Waals surface area contributed by atoms with Crippen molar-refractivity contribution in [3.8, 4) is 5.75 Å². The average molecular weight is 1070 g/mol. The number of unbranched alkanes of at least 4 members (excludes halogenated alkanes) is 3. The number of nitrogens with one attached hydrogen (secondary N) is 2. The minimum absolute atomic E-state index is 0.173. The number of amides is 2. The molecule has 0 fully saturated rings. The fraction of sp³-hybridized carbons (Fsp3) is 0.224. The summed E-state index contributed by atoms with van der Waals surface area (Å²) in [6.45, 7) is 2.47. The van der Waals surface area contributed by atoms with Crippen molar-refractivity contribution in [3.63, 3.8) is 0 Å².